The maximum atomic E-state index is 5.67. The third kappa shape index (κ3) is 1.18. The molecule has 1 aromatic rings. The first-order valence-electron chi connectivity index (χ1n) is 4.34. The molecule has 2 rings (SSSR count). The highest BCUT2D eigenvalue weighted by Crippen LogP contribution is 2.36. The summed E-state index contributed by atoms with van der Waals surface area (Å²) in [6, 6.07) is 0. The lowest BCUT2D eigenvalue weighted by molar-refractivity contribution is 0.605. The average molecular weight is 176 g/mol. The van der Waals surface area contributed by atoms with Gasteiger partial charge < -0.3 is 5.73 Å². The average Bonchev–Trinajstić information content (AvgIpc) is 2.48. The first-order valence-corrected chi connectivity index (χ1v) is 4.34. The van der Waals surface area contributed by atoms with Crippen molar-refractivity contribution in [3.05, 3.63) is 12.0 Å². The van der Waals surface area contributed by atoms with Crippen molar-refractivity contribution in [1.29, 1.82) is 0 Å². The zero-order chi connectivity index (χ0) is 9.42. The van der Waals surface area contributed by atoms with E-state index in [0.717, 1.165) is 11.4 Å². The lowest BCUT2D eigenvalue weighted by Gasteiger charge is -2.11. The van der Waals surface area contributed by atoms with Gasteiger partial charge in [0.2, 0.25) is 0 Å². The zero-order valence-electron chi connectivity index (χ0n) is 7.73. The van der Waals surface area contributed by atoms with Gasteiger partial charge in [-0.05, 0) is 5.92 Å². The van der Waals surface area contributed by atoms with Gasteiger partial charge in [-0.15, -0.1) is 0 Å². The van der Waals surface area contributed by atoms with Crippen molar-refractivity contribution in [3.8, 4) is 0 Å². The third-order valence-electron chi connectivity index (χ3n) is 2.28. The largest absolute Gasteiger partial charge is 0.382 e. The number of aliphatic imine (C=N–C) groups is 1. The van der Waals surface area contributed by atoms with Crippen molar-refractivity contribution in [3.63, 3.8) is 0 Å². The van der Waals surface area contributed by atoms with E-state index < -0.39 is 0 Å². The third-order valence-corrected chi connectivity index (χ3v) is 2.28. The molecule has 0 amide bonds. The molecule has 4 nitrogen and oxygen atoms in total. The molecule has 4 heteroatoms. The second kappa shape index (κ2) is 2.80. The molecular formula is C9H12N4. The minimum Gasteiger partial charge on any atom is -0.382 e. The number of hydrogen-bond acceptors (Lipinski definition) is 4. The van der Waals surface area contributed by atoms with Gasteiger partial charge in [0.1, 0.15) is 12.0 Å². The van der Waals surface area contributed by atoms with Crippen molar-refractivity contribution < 1.29 is 0 Å². The van der Waals surface area contributed by atoms with Gasteiger partial charge in [-0.1, -0.05) is 13.8 Å². The second-order valence-electron chi connectivity index (χ2n) is 3.54. The van der Waals surface area contributed by atoms with E-state index in [1.807, 2.05) is 6.21 Å². The Morgan fingerprint density at radius 1 is 1.38 bits per heavy atom. The first kappa shape index (κ1) is 8.16. The summed E-state index contributed by atoms with van der Waals surface area (Å²) in [5.74, 6) is 1.27. The SMILES string of the molecule is CC(C)C1C=Nc2c(N)ncnc21. The molecule has 0 saturated heterocycles. The van der Waals surface area contributed by atoms with Gasteiger partial charge in [0, 0.05) is 12.1 Å². The van der Waals surface area contributed by atoms with Crippen LogP contribution in [0.25, 0.3) is 0 Å². The highest BCUT2D eigenvalue weighted by atomic mass is 15.0. The topological polar surface area (TPSA) is 64.2 Å². The molecule has 0 fully saturated rings. The molecule has 0 aromatic carbocycles. The Labute approximate surface area is 76.9 Å². The number of nitrogens with zero attached hydrogens (tertiary/aromatic N) is 3. The van der Waals surface area contributed by atoms with Crippen LogP contribution in [0.5, 0.6) is 0 Å². The van der Waals surface area contributed by atoms with Crippen LogP contribution in [-0.4, -0.2) is 16.2 Å². The fourth-order valence-electron chi connectivity index (χ4n) is 1.50. The van der Waals surface area contributed by atoms with E-state index in [-0.39, 0.29) is 0 Å². The van der Waals surface area contributed by atoms with Crippen LogP contribution in [-0.2, 0) is 0 Å². The van der Waals surface area contributed by atoms with E-state index in [9.17, 15) is 0 Å². The van der Waals surface area contributed by atoms with Crippen molar-refractivity contribution in [2.45, 2.75) is 19.8 Å². The van der Waals surface area contributed by atoms with E-state index in [2.05, 4.69) is 28.8 Å². The van der Waals surface area contributed by atoms with E-state index in [0.29, 0.717) is 17.7 Å². The maximum absolute atomic E-state index is 5.67. The minimum absolute atomic E-state index is 0.292. The van der Waals surface area contributed by atoms with Crippen molar-refractivity contribution in [2.75, 3.05) is 5.73 Å². The standard InChI is InChI=1S/C9H12N4/c1-5(2)6-3-11-8-7(6)12-4-13-9(8)10/h3-6H,1-2H3,(H2,10,12,13). The smallest absolute Gasteiger partial charge is 0.153 e. The molecule has 13 heavy (non-hydrogen) atoms. The summed E-state index contributed by atoms with van der Waals surface area (Å²) in [5, 5.41) is 0. The summed E-state index contributed by atoms with van der Waals surface area (Å²) in [5.41, 5.74) is 7.38. The monoisotopic (exact) mass is 176 g/mol. The van der Waals surface area contributed by atoms with E-state index in [1.165, 1.54) is 6.33 Å². The Morgan fingerprint density at radius 2 is 2.15 bits per heavy atom. The predicted octanol–water partition coefficient (Wildman–Crippen LogP) is 1.51. The summed E-state index contributed by atoms with van der Waals surface area (Å²) in [4.78, 5) is 12.3. The number of rotatable bonds is 1. The Balaban J connectivity index is 2.49. The summed E-state index contributed by atoms with van der Waals surface area (Å²) < 4.78 is 0. The fourth-order valence-corrected chi connectivity index (χ4v) is 1.50. The predicted molar refractivity (Wildman–Crippen MR) is 52.2 cm³/mol. The number of hydrogen-bond donors (Lipinski definition) is 1. The molecule has 1 atom stereocenters. The van der Waals surface area contributed by atoms with Crippen LogP contribution in [0.1, 0.15) is 25.5 Å². The normalized spacial score (nSPS) is 19.5. The second-order valence-corrected chi connectivity index (χ2v) is 3.54. The molecule has 0 saturated carbocycles. The molecule has 0 radical (unpaired) electrons. The summed E-state index contributed by atoms with van der Waals surface area (Å²) >= 11 is 0. The van der Waals surface area contributed by atoms with Crippen LogP contribution >= 0.6 is 0 Å². The molecule has 0 aliphatic carbocycles. The highest BCUT2D eigenvalue weighted by molar-refractivity contribution is 5.83. The Bertz CT molecular complexity index is 357. The van der Waals surface area contributed by atoms with Gasteiger partial charge in [-0.25, -0.2) is 9.97 Å². The maximum Gasteiger partial charge on any atom is 0.153 e. The van der Waals surface area contributed by atoms with Gasteiger partial charge in [0.25, 0.3) is 0 Å². The molecule has 1 aliphatic rings. The minimum atomic E-state index is 0.292. The molecule has 0 bridgehead atoms. The van der Waals surface area contributed by atoms with Crippen molar-refractivity contribution in [2.24, 2.45) is 10.9 Å². The molecule has 2 N–H and O–H groups in total. The number of fused-ring (bicyclic) bond motifs is 1. The lowest BCUT2D eigenvalue weighted by Crippen LogP contribution is -2.07. The van der Waals surface area contributed by atoms with E-state index >= 15 is 0 Å². The first-order chi connectivity index (χ1) is 6.20. The van der Waals surface area contributed by atoms with Crippen LogP contribution in [0, 0.1) is 5.92 Å². The Kier molecular flexibility index (Phi) is 1.76. The van der Waals surface area contributed by atoms with Gasteiger partial charge in [0.15, 0.2) is 5.82 Å². The molecule has 1 aromatic heterocycles. The van der Waals surface area contributed by atoms with Crippen LogP contribution in [0.2, 0.25) is 0 Å². The molecule has 0 spiro atoms. The number of nitrogens with two attached hydrogens (primary N) is 1. The van der Waals surface area contributed by atoms with Crippen LogP contribution < -0.4 is 5.73 Å². The van der Waals surface area contributed by atoms with Crippen molar-refractivity contribution in [1.82, 2.24) is 9.97 Å². The number of anilines is 1. The number of aromatic nitrogens is 2. The van der Waals surface area contributed by atoms with Crippen LogP contribution in [0.4, 0.5) is 11.5 Å². The molecular weight excluding hydrogens is 164 g/mol. The van der Waals surface area contributed by atoms with Crippen molar-refractivity contribution >= 4 is 17.7 Å². The summed E-state index contributed by atoms with van der Waals surface area (Å²) in [7, 11) is 0. The van der Waals surface area contributed by atoms with E-state index in [1.54, 1.807) is 0 Å². The molecule has 68 valence electrons. The molecule has 1 aliphatic heterocycles. The van der Waals surface area contributed by atoms with Crippen LogP contribution in [0.3, 0.4) is 0 Å². The summed E-state index contributed by atoms with van der Waals surface area (Å²) in [6.45, 7) is 4.29. The van der Waals surface area contributed by atoms with E-state index in [4.69, 9.17) is 5.73 Å². The van der Waals surface area contributed by atoms with Crippen LogP contribution in [0.15, 0.2) is 11.3 Å². The zero-order valence-corrected chi connectivity index (χ0v) is 7.73. The quantitative estimate of drug-likeness (QED) is 0.705. The molecule has 2 heterocycles. The van der Waals surface area contributed by atoms with Gasteiger partial charge in [0.05, 0.1) is 5.69 Å². The Hall–Kier alpha value is -1.45. The molecule has 1 unspecified atom stereocenters. The van der Waals surface area contributed by atoms with Gasteiger partial charge in [-0.3, -0.25) is 4.99 Å². The summed E-state index contributed by atoms with van der Waals surface area (Å²) in [6.07, 6.45) is 3.40. The highest BCUT2D eigenvalue weighted by Gasteiger charge is 2.25. The van der Waals surface area contributed by atoms with Gasteiger partial charge in [-0.2, -0.15) is 0 Å². The number of nitrogen functional groups attached to an aromatic ring is 1. The van der Waals surface area contributed by atoms with Gasteiger partial charge >= 0.3 is 0 Å². The Morgan fingerprint density at radius 3 is 2.85 bits per heavy atom. The fraction of sp³-hybridized carbons (Fsp3) is 0.444. The lowest BCUT2D eigenvalue weighted by atomic mass is 9.94.